The molecule has 2 rings (SSSR count). The second-order valence-electron chi connectivity index (χ2n) is 5.87. The Balaban J connectivity index is 2.07. The first-order chi connectivity index (χ1) is 12.5. The molecule has 0 fully saturated rings. The molecule has 0 bridgehead atoms. The second kappa shape index (κ2) is 9.68. The summed E-state index contributed by atoms with van der Waals surface area (Å²) in [4.78, 5) is 25.1. The van der Waals surface area contributed by atoms with Crippen molar-refractivity contribution in [1.29, 1.82) is 0 Å². The fourth-order valence-electron chi connectivity index (χ4n) is 2.63. The van der Waals surface area contributed by atoms with Crippen LogP contribution in [0.25, 0.3) is 0 Å². The summed E-state index contributed by atoms with van der Waals surface area (Å²) >= 11 is 0. The molecular formula is C20H22FNO4. The van der Waals surface area contributed by atoms with Crippen molar-refractivity contribution in [2.45, 2.75) is 12.8 Å². The highest BCUT2D eigenvalue weighted by molar-refractivity contribution is 5.96. The van der Waals surface area contributed by atoms with Crippen LogP contribution >= 0.6 is 0 Å². The third-order valence-corrected chi connectivity index (χ3v) is 4.04. The van der Waals surface area contributed by atoms with Crippen molar-refractivity contribution in [3.8, 4) is 0 Å². The summed E-state index contributed by atoms with van der Waals surface area (Å²) in [7, 11) is 1.54. The van der Waals surface area contributed by atoms with Gasteiger partial charge in [-0.2, -0.15) is 0 Å². The molecule has 0 atom stereocenters. The molecule has 6 heteroatoms. The molecule has 0 aliphatic carbocycles. The van der Waals surface area contributed by atoms with Crippen LogP contribution in [0.4, 0.5) is 4.39 Å². The number of nitrogens with zero attached hydrogens (tertiary/aromatic N) is 1. The standard InChI is InChI=1S/C20H22FNO4/c1-26-13-12-22(11-5-8-15-6-3-2-4-7-15)19(23)17-10-9-16(20(24)25)14-18(17)21/h2-4,6-7,9-10,14H,5,8,11-13H2,1H3,(H,24,25). The Bertz CT molecular complexity index is 749. The molecule has 0 heterocycles. The maximum atomic E-state index is 14.2. The molecule has 138 valence electrons. The molecule has 2 aromatic carbocycles. The van der Waals surface area contributed by atoms with Crippen molar-refractivity contribution in [2.24, 2.45) is 0 Å². The second-order valence-corrected chi connectivity index (χ2v) is 5.87. The van der Waals surface area contributed by atoms with E-state index in [0.29, 0.717) is 19.7 Å². The van der Waals surface area contributed by atoms with Crippen LogP contribution in [0.5, 0.6) is 0 Å². The van der Waals surface area contributed by atoms with E-state index in [2.05, 4.69) is 0 Å². The average Bonchev–Trinajstić information content (AvgIpc) is 2.64. The van der Waals surface area contributed by atoms with Gasteiger partial charge in [0.25, 0.3) is 5.91 Å². The van der Waals surface area contributed by atoms with Crippen LogP contribution in [-0.4, -0.2) is 48.7 Å². The third kappa shape index (κ3) is 5.39. The van der Waals surface area contributed by atoms with Gasteiger partial charge in [0.15, 0.2) is 0 Å². The van der Waals surface area contributed by atoms with Gasteiger partial charge in [-0.1, -0.05) is 30.3 Å². The topological polar surface area (TPSA) is 66.8 Å². The van der Waals surface area contributed by atoms with Crippen LogP contribution in [0.2, 0.25) is 0 Å². The molecule has 0 aliphatic heterocycles. The number of aromatic carboxylic acids is 1. The molecule has 0 aromatic heterocycles. The van der Waals surface area contributed by atoms with Crippen LogP contribution in [0.1, 0.15) is 32.7 Å². The van der Waals surface area contributed by atoms with Crippen LogP contribution in [0.15, 0.2) is 48.5 Å². The largest absolute Gasteiger partial charge is 0.478 e. The number of carbonyl (C=O) groups excluding carboxylic acids is 1. The smallest absolute Gasteiger partial charge is 0.335 e. The lowest BCUT2D eigenvalue weighted by molar-refractivity contribution is 0.0678. The first kappa shape index (κ1) is 19.6. The predicted octanol–water partition coefficient (Wildman–Crippen LogP) is 3.25. The van der Waals surface area contributed by atoms with Gasteiger partial charge in [0.2, 0.25) is 0 Å². The summed E-state index contributed by atoms with van der Waals surface area (Å²) in [6.07, 6.45) is 1.53. The summed E-state index contributed by atoms with van der Waals surface area (Å²) in [6.45, 7) is 1.13. The fraction of sp³-hybridized carbons (Fsp3) is 0.300. The number of aryl methyl sites for hydroxylation is 1. The van der Waals surface area contributed by atoms with E-state index in [-0.39, 0.29) is 11.1 Å². The van der Waals surface area contributed by atoms with Crippen LogP contribution in [0.3, 0.4) is 0 Å². The van der Waals surface area contributed by atoms with Gasteiger partial charge in [-0.05, 0) is 36.6 Å². The lowest BCUT2D eigenvalue weighted by Gasteiger charge is -2.23. The molecule has 0 saturated carbocycles. The zero-order valence-corrected chi connectivity index (χ0v) is 14.7. The molecule has 0 spiro atoms. The minimum Gasteiger partial charge on any atom is -0.478 e. The van der Waals surface area contributed by atoms with Gasteiger partial charge in [-0.3, -0.25) is 4.79 Å². The summed E-state index contributed by atoms with van der Waals surface area (Å²) < 4.78 is 19.2. The van der Waals surface area contributed by atoms with E-state index in [0.717, 1.165) is 18.9 Å². The van der Waals surface area contributed by atoms with E-state index < -0.39 is 17.7 Å². The SMILES string of the molecule is COCCN(CCCc1ccccc1)C(=O)c1ccc(C(=O)O)cc1F. The number of hydrogen-bond donors (Lipinski definition) is 1. The zero-order chi connectivity index (χ0) is 18.9. The first-order valence-corrected chi connectivity index (χ1v) is 8.38. The highest BCUT2D eigenvalue weighted by atomic mass is 19.1. The zero-order valence-electron chi connectivity index (χ0n) is 14.7. The van der Waals surface area contributed by atoms with Gasteiger partial charge < -0.3 is 14.7 Å². The Hall–Kier alpha value is -2.73. The van der Waals surface area contributed by atoms with Crippen LogP contribution in [-0.2, 0) is 11.2 Å². The van der Waals surface area contributed by atoms with E-state index in [4.69, 9.17) is 9.84 Å². The number of carboxylic acids is 1. The molecule has 0 saturated heterocycles. The third-order valence-electron chi connectivity index (χ3n) is 4.04. The van der Waals surface area contributed by atoms with E-state index in [9.17, 15) is 14.0 Å². The number of carboxylic acid groups (broad SMARTS) is 1. The Morgan fingerprint density at radius 1 is 1.12 bits per heavy atom. The van der Waals surface area contributed by atoms with E-state index in [1.54, 1.807) is 0 Å². The molecule has 5 nitrogen and oxygen atoms in total. The van der Waals surface area contributed by atoms with Crippen molar-refractivity contribution >= 4 is 11.9 Å². The number of methoxy groups -OCH3 is 1. The van der Waals surface area contributed by atoms with Gasteiger partial charge >= 0.3 is 5.97 Å². The maximum absolute atomic E-state index is 14.2. The van der Waals surface area contributed by atoms with Crippen molar-refractivity contribution in [3.63, 3.8) is 0 Å². The monoisotopic (exact) mass is 359 g/mol. The highest BCUT2D eigenvalue weighted by Gasteiger charge is 2.20. The van der Waals surface area contributed by atoms with E-state index in [1.165, 1.54) is 29.7 Å². The van der Waals surface area contributed by atoms with Crippen molar-refractivity contribution in [2.75, 3.05) is 26.8 Å². The number of amides is 1. The Labute approximate surface area is 152 Å². The molecular weight excluding hydrogens is 337 g/mol. The van der Waals surface area contributed by atoms with Crippen molar-refractivity contribution in [1.82, 2.24) is 4.90 Å². The van der Waals surface area contributed by atoms with Gasteiger partial charge in [-0.15, -0.1) is 0 Å². The molecule has 26 heavy (non-hydrogen) atoms. The van der Waals surface area contributed by atoms with Crippen molar-refractivity contribution in [3.05, 3.63) is 71.0 Å². The van der Waals surface area contributed by atoms with Crippen LogP contribution < -0.4 is 0 Å². The first-order valence-electron chi connectivity index (χ1n) is 8.38. The molecule has 0 aliphatic rings. The summed E-state index contributed by atoms with van der Waals surface area (Å²) in [6, 6.07) is 13.2. The molecule has 2 aromatic rings. The maximum Gasteiger partial charge on any atom is 0.335 e. The highest BCUT2D eigenvalue weighted by Crippen LogP contribution is 2.14. The normalized spacial score (nSPS) is 10.5. The summed E-state index contributed by atoms with van der Waals surface area (Å²) in [5.41, 5.74) is 0.848. The molecule has 1 amide bonds. The molecule has 0 radical (unpaired) electrons. The minimum absolute atomic E-state index is 0.134. The number of carbonyl (C=O) groups is 2. The van der Waals surface area contributed by atoms with Gasteiger partial charge in [0.1, 0.15) is 5.82 Å². The molecule has 1 N–H and O–H groups in total. The van der Waals surface area contributed by atoms with Gasteiger partial charge in [0.05, 0.1) is 17.7 Å². The van der Waals surface area contributed by atoms with E-state index in [1.807, 2.05) is 30.3 Å². The fourth-order valence-corrected chi connectivity index (χ4v) is 2.63. The quantitative estimate of drug-likeness (QED) is 0.746. The van der Waals surface area contributed by atoms with E-state index >= 15 is 0 Å². The van der Waals surface area contributed by atoms with Gasteiger partial charge in [-0.25, -0.2) is 9.18 Å². The van der Waals surface area contributed by atoms with Gasteiger partial charge in [0, 0.05) is 20.2 Å². The number of hydrogen-bond acceptors (Lipinski definition) is 3. The van der Waals surface area contributed by atoms with Crippen molar-refractivity contribution < 1.29 is 23.8 Å². The Morgan fingerprint density at radius 2 is 1.85 bits per heavy atom. The number of halogens is 1. The predicted molar refractivity (Wildman–Crippen MR) is 95.9 cm³/mol. The average molecular weight is 359 g/mol. The lowest BCUT2D eigenvalue weighted by Crippen LogP contribution is -2.35. The number of ether oxygens (including phenoxy) is 1. The summed E-state index contributed by atoms with van der Waals surface area (Å²) in [5, 5.41) is 8.91. The summed E-state index contributed by atoms with van der Waals surface area (Å²) in [5.74, 6) is -2.54. The van der Waals surface area contributed by atoms with Crippen LogP contribution in [0, 0.1) is 5.82 Å². The number of benzene rings is 2. The number of rotatable bonds is 9. The minimum atomic E-state index is -1.23. The Morgan fingerprint density at radius 3 is 2.46 bits per heavy atom. The molecule has 0 unspecified atom stereocenters. The Kier molecular flexibility index (Phi) is 7.29. The lowest BCUT2D eigenvalue weighted by atomic mass is 10.1.